The Kier molecular flexibility index (Phi) is 2.61. The molecule has 5 heteroatoms. The first kappa shape index (κ1) is 8.94. The third-order valence-corrected chi connectivity index (χ3v) is 2.22. The number of nitriles is 1. The van der Waals surface area contributed by atoms with E-state index in [9.17, 15) is 0 Å². The maximum absolute atomic E-state index is 8.48. The van der Waals surface area contributed by atoms with Crippen LogP contribution in [0, 0.1) is 10.7 Å². The fourth-order valence-corrected chi connectivity index (χ4v) is 1.54. The van der Waals surface area contributed by atoms with Gasteiger partial charge < -0.3 is 5.73 Å². The normalized spacial score (nSPS) is 10.2. The van der Waals surface area contributed by atoms with Crippen LogP contribution in [0.2, 0.25) is 0 Å². The van der Waals surface area contributed by atoms with Crippen LogP contribution in [0.1, 0.15) is 25.5 Å². The van der Waals surface area contributed by atoms with E-state index in [2.05, 4.69) is 10.2 Å². The minimum Gasteiger partial charge on any atom is -0.381 e. The van der Waals surface area contributed by atoms with Crippen molar-refractivity contribution in [3.05, 3.63) is 5.69 Å². The second kappa shape index (κ2) is 3.50. The molecule has 64 valence electrons. The van der Waals surface area contributed by atoms with Crippen molar-refractivity contribution in [1.29, 1.82) is 5.26 Å². The molecule has 1 aromatic heterocycles. The number of nitrogens with two attached hydrogens (primary N) is 1. The van der Waals surface area contributed by atoms with E-state index in [0.29, 0.717) is 11.7 Å². The number of thioether (sulfide) groups is 1. The van der Waals surface area contributed by atoms with Crippen LogP contribution in [0.25, 0.3) is 0 Å². The molecular formula is C7H10N4S. The number of hydrogen-bond donors (Lipinski definition) is 2. The number of aromatic nitrogens is 2. The van der Waals surface area contributed by atoms with Crippen LogP contribution >= 0.6 is 11.8 Å². The van der Waals surface area contributed by atoms with E-state index < -0.39 is 0 Å². The van der Waals surface area contributed by atoms with E-state index in [1.807, 2.05) is 19.2 Å². The van der Waals surface area contributed by atoms with Gasteiger partial charge in [-0.25, -0.2) is 0 Å². The van der Waals surface area contributed by atoms with Gasteiger partial charge in [0, 0.05) is 0 Å². The molecule has 0 radical (unpaired) electrons. The highest BCUT2D eigenvalue weighted by Gasteiger charge is 2.13. The van der Waals surface area contributed by atoms with Crippen molar-refractivity contribution in [2.24, 2.45) is 0 Å². The summed E-state index contributed by atoms with van der Waals surface area (Å²) in [5.74, 6) is 0.718. The van der Waals surface area contributed by atoms with Crippen molar-refractivity contribution in [3.8, 4) is 5.40 Å². The quantitative estimate of drug-likeness (QED) is 0.539. The number of H-pyrrole nitrogens is 1. The number of hydrogen-bond acceptors (Lipinski definition) is 4. The van der Waals surface area contributed by atoms with Crippen molar-refractivity contribution in [2.75, 3.05) is 5.73 Å². The average molecular weight is 182 g/mol. The molecule has 0 aliphatic heterocycles. The Bertz CT molecular complexity index is 310. The van der Waals surface area contributed by atoms with Gasteiger partial charge in [0.25, 0.3) is 0 Å². The van der Waals surface area contributed by atoms with E-state index in [-0.39, 0.29) is 0 Å². The zero-order valence-corrected chi connectivity index (χ0v) is 7.77. The topological polar surface area (TPSA) is 78.5 Å². The van der Waals surface area contributed by atoms with Crippen LogP contribution < -0.4 is 5.73 Å². The number of nitrogens with zero attached hydrogens (tertiary/aromatic N) is 2. The molecule has 4 nitrogen and oxygen atoms in total. The van der Waals surface area contributed by atoms with E-state index in [0.717, 1.165) is 22.4 Å². The van der Waals surface area contributed by atoms with Gasteiger partial charge in [0.2, 0.25) is 0 Å². The summed E-state index contributed by atoms with van der Waals surface area (Å²) in [7, 11) is 0. The molecule has 0 atom stereocenters. The van der Waals surface area contributed by atoms with E-state index >= 15 is 0 Å². The summed E-state index contributed by atoms with van der Waals surface area (Å²) in [6.07, 6.45) is 0. The molecule has 0 saturated carbocycles. The molecule has 1 heterocycles. The number of thiocyanates is 1. The summed E-state index contributed by atoms with van der Waals surface area (Å²) in [4.78, 5) is 0.757. The van der Waals surface area contributed by atoms with Crippen molar-refractivity contribution in [2.45, 2.75) is 24.7 Å². The van der Waals surface area contributed by atoms with Gasteiger partial charge in [-0.1, -0.05) is 13.8 Å². The molecule has 0 unspecified atom stereocenters. The lowest BCUT2D eigenvalue weighted by Crippen LogP contribution is -1.90. The second-order valence-corrected chi connectivity index (χ2v) is 3.49. The maximum Gasteiger partial charge on any atom is 0.160 e. The fourth-order valence-electron chi connectivity index (χ4n) is 0.904. The maximum atomic E-state index is 8.48. The SMILES string of the molecule is CC(C)c1[nH]nc(N)c1SC#N. The molecule has 0 aliphatic carbocycles. The molecule has 3 N–H and O–H groups in total. The summed E-state index contributed by atoms with van der Waals surface area (Å²) >= 11 is 1.05. The lowest BCUT2D eigenvalue weighted by Gasteiger charge is -2.01. The molecule has 0 fully saturated rings. The Morgan fingerprint density at radius 2 is 2.33 bits per heavy atom. The number of anilines is 1. The molecule has 0 aliphatic rings. The van der Waals surface area contributed by atoms with Crippen molar-refractivity contribution in [1.82, 2.24) is 10.2 Å². The second-order valence-electron chi connectivity index (χ2n) is 2.70. The largest absolute Gasteiger partial charge is 0.381 e. The number of nitrogen functional groups attached to an aromatic ring is 1. The highest BCUT2D eigenvalue weighted by molar-refractivity contribution is 8.03. The van der Waals surface area contributed by atoms with Gasteiger partial charge in [0.15, 0.2) is 5.82 Å². The Morgan fingerprint density at radius 1 is 1.67 bits per heavy atom. The first-order chi connectivity index (χ1) is 5.66. The summed E-state index contributed by atoms with van der Waals surface area (Å²) in [6.45, 7) is 4.04. The summed E-state index contributed by atoms with van der Waals surface area (Å²) in [5.41, 5.74) is 6.48. The number of rotatable bonds is 2. The summed E-state index contributed by atoms with van der Waals surface area (Å²) in [5, 5.41) is 17.1. The third kappa shape index (κ3) is 1.53. The molecule has 0 aromatic carbocycles. The van der Waals surface area contributed by atoms with Crippen LogP contribution in [0.15, 0.2) is 4.90 Å². The molecule has 0 amide bonds. The first-order valence-electron chi connectivity index (χ1n) is 3.56. The molecule has 12 heavy (non-hydrogen) atoms. The highest BCUT2D eigenvalue weighted by atomic mass is 32.2. The lowest BCUT2D eigenvalue weighted by molar-refractivity contribution is 0.794. The zero-order chi connectivity index (χ0) is 9.14. The number of aromatic amines is 1. The van der Waals surface area contributed by atoms with Crippen molar-refractivity contribution < 1.29 is 0 Å². The Balaban J connectivity index is 3.05. The van der Waals surface area contributed by atoms with Crippen LogP contribution in [-0.2, 0) is 0 Å². The Hall–Kier alpha value is -1.15. The van der Waals surface area contributed by atoms with Gasteiger partial charge in [-0.3, -0.25) is 5.10 Å². The van der Waals surface area contributed by atoms with Crippen molar-refractivity contribution >= 4 is 17.6 Å². The van der Waals surface area contributed by atoms with Gasteiger partial charge in [-0.05, 0) is 17.7 Å². The standard InChI is InChI=1S/C7H10N4S/c1-4(2)5-6(12-3-8)7(9)11-10-5/h4H,1-2H3,(H3,9,10,11). The summed E-state index contributed by atoms with van der Waals surface area (Å²) < 4.78 is 0. The monoisotopic (exact) mass is 182 g/mol. The van der Waals surface area contributed by atoms with Crippen LogP contribution in [0.5, 0.6) is 0 Å². The molecule has 0 saturated heterocycles. The molecule has 1 aromatic rings. The Morgan fingerprint density at radius 3 is 2.83 bits per heavy atom. The van der Waals surface area contributed by atoms with Gasteiger partial charge in [0.1, 0.15) is 5.40 Å². The third-order valence-electron chi connectivity index (χ3n) is 1.50. The summed E-state index contributed by atoms with van der Waals surface area (Å²) in [6, 6.07) is 0. The molecule has 0 bridgehead atoms. The molecular weight excluding hydrogens is 172 g/mol. The van der Waals surface area contributed by atoms with Gasteiger partial charge >= 0.3 is 0 Å². The lowest BCUT2D eigenvalue weighted by atomic mass is 10.1. The minimum absolute atomic E-state index is 0.311. The van der Waals surface area contributed by atoms with E-state index in [4.69, 9.17) is 11.0 Å². The van der Waals surface area contributed by atoms with Crippen LogP contribution in [0.4, 0.5) is 5.82 Å². The number of nitrogens with one attached hydrogen (secondary N) is 1. The Labute approximate surface area is 75.1 Å². The van der Waals surface area contributed by atoms with Gasteiger partial charge in [0.05, 0.1) is 10.6 Å². The van der Waals surface area contributed by atoms with Crippen molar-refractivity contribution in [3.63, 3.8) is 0 Å². The van der Waals surface area contributed by atoms with E-state index in [1.54, 1.807) is 0 Å². The molecule has 0 spiro atoms. The minimum atomic E-state index is 0.311. The molecule has 1 rings (SSSR count). The smallest absolute Gasteiger partial charge is 0.160 e. The predicted molar refractivity (Wildman–Crippen MR) is 48.6 cm³/mol. The highest BCUT2D eigenvalue weighted by Crippen LogP contribution is 2.30. The first-order valence-corrected chi connectivity index (χ1v) is 4.38. The predicted octanol–water partition coefficient (Wildman–Crippen LogP) is 1.69. The van der Waals surface area contributed by atoms with Gasteiger partial charge in [-0.15, -0.1) is 0 Å². The zero-order valence-electron chi connectivity index (χ0n) is 6.96. The van der Waals surface area contributed by atoms with Gasteiger partial charge in [-0.2, -0.15) is 10.4 Å². The fraction of sp³-hybridized carbons (Fsp3) is 0.429. The van der Waals surface area contributed by atoms with E-state index in [1.165, 1.54) is 0 Å². The van der Waals surface area contributed by atoms with Crippen LogP contribution in [0.3, 0.4) is 0 Å². The average Bonchev–Trinajstić information content (AvgIpc) is 2.34. The van der Waals surface area contributed by atoms with Crippen LogP contribution in [-0.4, -0.2) is 10.2 Å².